The van der Waals surface area contributed by atoms with E-state index < -0.39 is 0 Å². The van der Waals surface area contributed by atoms with Gasteiger partial charge in [0.2, 0.25) is 11.8 Å². The molecule has 6 heteroatoms. The van der Waals surface area contributed by atoms with E-state index in [0.29, 0.717) is 26.1 Å². The van der Waals surface area contributed by atoms with E-state index in [4.69, 9.17) is 0 Å². The first-order chi connectivity index (χ1) is 11.5. The number of amides is 2. The zero-order valence-corrected chi connectivity index (χ0v) is 14.7. The van der Waals surface area contributed by atoms with Gasteiger partial charge in [-0.1, -0.05) is 0 Å². The molecule has 2 aliphatic rings. The lowest BCUT2D eigenvalue weighted by molar-refractivity contribution is -0.136. The summed E-state index contributed by atoms with van der Waals surface area (Å²) in [4.78, 5) is 35.0. The van der Waals surface area contributed by atoms with Gasteiger partial charge in [-0.3, -0.25) is 14.6 Å². The lowest BCUT2D eigenvalue weighted by atomic mass is 10.1. The standard InChI is InChI=1S/C18H26N4O2/c1-13(2)22-12-15(11-17(22)23)18(24)21-8-6-20(7-9-21)16-4-5-19-14(3)10-16/h4-5,10,13,15H,6-9,11-12H2,1-3H3/t15-/m0/s1. The van der Waals surface area contributed by atoms with Crippen LogP contribution in [0.5, 0.6) is 0 Å². The molecule has 1 atom stereocenters. The van der Waals surface area contributed by atoms with Crippen molar-refractivity contribution in [2.45, 2.75) is 33.2 Å². The fraction of sp³-hybridized carbons (Fsp3) is 0.611. The lowest BCUT2D eigenvalue weighted by Crippen LogP contribution is -2.50. The summed E-state index contributed by atoms with van der Waals surface area (Å²) < 4.78 is 0. The maximum Gasteiger partial charge on any atom is 0.228 e. The summed E-state index contributed by atoms with van der Waals surface area (Å²) in [5, 5.41) is 0. The van der Waals surface area contributed by atoms with Crippen LogP contribution < -0.4 is 4.90 Å². The van der Waals surface area contributed by atoms with Crippen molar-refractivity contribution in [3.63, 3.8) is 0 Å². The van der Waals surface area contributed by atoms with Gasteiger partial charge in [0.05, 0.1) is 5.92 Å². The smallest absolute Gasteiger partial charge is 0.228 e. The van der Waals surface area contributed by atoms with Crippen LogP contribution in [-0.2, 0) is 9.59 Å². The number of nitrogens with zero attached hydrogens (tertiary/aromatic N) is 4. The predicted octanol–water partition coefficient (Wildman–Crippen LogP) is 1.30. The highest BCUT2D eigenvalue weighted by Crippen LogP contribution is 2.23. The maximum atomic E-state index is 12.7. The molecule has 2 aliphatic heterocycles. The van der Waals surface area contributed by atoms with Gasteiger partial charge in [0.1, 0.15) is 0 Å². The van der Waals surface area contributed by atoms with Crippen LogP contribution in [0.1, 0.15) is 26.0 Å². The maximum absolute atomic E-state index is 12.7. The predicted molar refractivity (Wildman–Crippen MR) is 92.7 cm³/mol. The molecule has 6 nitrogen and oxygen atoms in total. The molecule has 1 aromatic heterocycles. The second-order valence-electron chi connectivity index (χ2n) is 7.01. The van der Waals surface area contributed by atoms with E-state index in [2.05, 4.69) is 16.0 Å². The number of hydrogen-bond acceptors (Lipinski definition) is 4. The first kappa shape index (κ1) is 16.7. The van der Waals surface area contributed by atoms with E-state index in [1.807, 2.05) is 42.8 Å². The van der Waals surface area contributed by atoms with Crippen molar-refractivity contribution in [2.24, 2.45) is 5.92 Å². The Morgan fingerprint density at radius 3 is 2.54 bits per heavy atom. The highest BCUT2D eigenvalue weighted by atomic mass is 16.2. The summed E-state index contributed by atoms with van der Waals surface area (Å²) in [5.74, 6) is 0.0703. The van der Waals surface area contributed by atoms with Crippen molar-refractivity contribution in [1.29, 1.82) is 0 Å². The summed E-state index contributed by atoms with van der Waals surface area (Å²) >= 11 is 0. The molecule has 1 aromatic rings. The first-order valence-electron chi connectivity index (χ1n) is 8.71. The first-order valence-corrected chi connectivity index (χ1v) is 8.71. The van der Waals surface area contributed by atoms with Gasteiger partial charge in [-0.05, 0) is 32.9 Å². The molecule has 0 aromatic carbocycles. The third kappa shape index (κ3) is 3.37. The summed E-state index contributed by atoms with van der Waals surface area (Å²) in [7, 11) is 0. The van der Waals surface area contributed by atoms with Crippen LogP contribution in [0.15, 0.2) is 18.3 Å². The molecule has 2 amide bonds. The van der Waals surface area contributed by atoms with Crippen LogP contribution in [0, 0.1) is 12.8 Å². The van der Waals surface area contributed by atoms with Crippen molar-refractivity contribution >= 4 is 17.5 Å². The number of piperazine rings is 1. The molecule has 0 bridgehead atoms. The summed E-state index contributed by atoms with van der Waals surface area (Å²) in [6.07, 6.45) is 2.19. The number of pyridine rings is 1. The normalized spacial score (nSPS) is 21.8. The van der Waals surface area contributed by atoms with E-state index >= 15 is 0 Å². The fourth-order valence-electron chi connectivity index (χ4n) is 3.57. The molecule has 2 fully saturated rings. The Labute approximate surface area is 143 Å². The number of anilines is 1. The monoisotopic (exact) mass is 330 g/mol. The Hall–Kier alpha value is -2.11. The lowest BCUT2D eigenvalue weighted by Gasteiger charge is -2.37. The Kier molecular flexibility index (Phi) is 4.73. The Morgan fingerprint density at radius 1 is 1.25 bits per heavy atom. The number of aromatic nitrogens is 1. The summed E-state index contributed by atoms with van der Waals surface area (Å²) in [6, 6.07) is 4.26. The third-order valence-electron chi connectivity index (χ3n) is 4.97. The highest BCUT2D eigenvalue weighted by molar-refractivity contribution is 5.89. The quantitative estimate of drug-likeness (QED) is 0.838. The molecule has 0 unspecified atom stereocenters. The van der Waals surface area contributed by atoms with E-state index in [0.717, 1.165) is 24.5 Å². The zero-order valence-electron chi connectivity index (χ0n) is 14.7. The average molecular weight is 330 g/mol. The second-order valence-corrected chi connectivity index (χ2v) is 7.01. The Balaban J connectivity index is 1.57. The number of aryl methyl sites for hydroxylation is 1. The molecular weight excluding hydrogens is 304 g/mol. The van der Waals surface area contributed by atoms with Crippen molar-refractivity contribution in [3.8, 4) is 0 Å². The molecule has 3 rings (SSSR count). The molecule has 0 radical (unpaired) electrons. The molecule has 24 heavy (non-hydrogen) atoms. The van der Waals surface area contributed by atoms with Crippen LogP contribution in [0.3, 0.4) is 0 Å². The van der Waals surface area contributed by atoms with Crippen LogP contribution in [0.25, 0.3) is 0 Å². The van der Waals surface area contributed by atoms with Gasteiger partial charge in [-0.25, -0.2) is 0 Å². The van der Waals surface area contributed by atoms with Crippen LogP contribution in [0.2, 0.25) is 0 Å². The van der Waals surface area contributed by atoms with E-state index in [9.17, 15) is 9.59 Å². The summed E-state index contributed by atoms with van der Waals surface area (Å²) in [6.45, 7) is 9.63. The Morgan fingerprint density at radius 2 is 1.96 bits per heavy atom. The number of carbonyl (C=O) groups excluding carboxylic acids is 2. The number of likely N-dealkylation sites (tertiary alicyclic amines) is 1. The molecule has 130 valence electrons. The zero-order chi connectivity index (χ0) is 17.3. The van der Waals surface area contributed by atoms with Crippen molar-refractivity contribution in [2.75, 3.05) is 37.6 Å². The molecular formula is C18H26N4O2. The van der Waals surface area contributed by atoms with Crippen molar-refractivity contribution in [3.05, 3.63) is 24.0 Å². The summed E-state index contributed by atoms with van der Waals surface area (Å²) in [5.41, 5.74) is 2.17. The van der Waals surface area contributed by atoms with Gasteiger partial charge in [-0.2, -0.15) is 0 Å². The number of hydrogen-bond donors (Lipinski definition) is 0. The van der Waals surface area contributed by atoms with Gasteiger partial charge in [0, 0.05) is 62.8 Å². The largest absolute Gasteiger partial charge is 0.368 e. The SMILES string of the molecule is Cc1cc(N2CCN(C(=O)[C@H]3CC(=O)N(C(C)C)C3)CC2)ccn1. The van der Waals surface area contributed by atoms with Gasteiger partial charge >= 0.3 is 0 Å². The fourth-order valence-corrected chi connectivity index (χ4v) is 3.57. The molecule has 0 aliphatic carbocycles. The second kappa shape index (κ2) is 6.79. The average Bonchev–Trinajstić information content (AvgIpc) is 2.96. The molecule has 3 heterocycles. The van der Waals surface area contributed by atoms with E-state index in [-0.39, 0.29) is 23.8 Å². The number of carbonyl (C=O) groups is 2. The molecule has 0 N–H and O–H groups in total. The molecule has 0 saturated carbocycles. The third-order valence-corrected chi connectivity index (χ3v) is 4.97. The van der Waals surface area contributed by atoms with Gasteiger partial charge < -0.3 is 14.7 Å². The van der Waals surface area contributed by atoms with Crippen LogP contribution in [0.4, 0.5) is 5.69 Å². The minimum absolute atomic E-state index is 0.106. The van der Waals surface area contributed by atoms with E-state index in [1.165, 1.54) is 0 Å². The van der Waals surface area contributed by atoms with Crippen molar-refractivity contribution in [1.82, 2.24) is 14.8 Å². The molecule has 0 spiro atoms. The minimum Gasteiger partial charge on any atom is -0.368 e. The van der Waals surface area contributed by atoms with Gasteiger partial charge in [0.25, 0.3) is 0 Å². The topological polar surface area (TPSA) is 56.8 Å². The number of rotatable bonds is 3. The van der Waals surface area contributed by atoms with Crippen LogP contribution in [-0.4, -0.2) is 65.4 Å². The van der Waals surface area contributed by atoms with Gasteiger partial charge in [-0.15, -0.1) is 0 Å². The minimum atomic E-state index is -0.172. The van der Waals surface area contributed by atoms with Gasteiger partial charge in [0.15, 0.2) is 0 Å². The Bertz CT molecular complexity index is 623. The highest BCUT2D eigenvalue weighted by Gasteiger charge is 2.38. The van der Waals surface area contributed by atoms with Crippen molar-refractivity contribution < 1.29 is 9.59 Å². The van der Waals surface area contributed by atoms with Crippen LogP contribution >= 0.6 is 0 Å². The van der Waals surface area contributed by atoms with E-state index in [1.54, 1.807) is 0 Å². The molecule has 2 saturated heterocycles.